The largest absolute Gasteiger partial charge is 0.357 e. The van der Waals surface area contributed by atoms with Crippen LogP contribution in [0.5, 0.6) is 0 Å². The van der Waals surface area contributed by atoms with Crippen LogP contribution in [0.2, 0.25) is 0 Å². The standard InChI is InChI=1S/C20H33N5O/c1-15(2)11-17-12-18(24-23-17)20(26)22-14-16-7-8-19(21-13-16)25-9-5-3-4-6-10-25/h7-8,13,15,17-18,23-24H,3-6,9-12,14H2,1-2H3,(H,22,26). The van der Waals surface area contributed by atoms with Gasteiger partial charge in [-0.3, -0.25) is 10.2 Å². The zero-order valence-electron chi connectivity index (χ0n) is 16.1. The molecule has 0 aromatic carbocycles. The SMILES string of the molecule is CC(C)CC1CC(C(=O)NCc2ccc(N3CCCCCC3)nc2)NN1. The average Bonchev–Trinajstić information content (AvgIpc) is 2.92. The molecule has 0 spiro atoms. The van der Waals surface area contributed by atoms with Crippen molar-refractivity contribution in [3.05, 3.63) is 23.9 Å². The van der Waals surface area contributed by atoms with Crippen LogP contribution in [-0.2, 0) is 11.3 Å². The van der Waals surface area contributed by atoms with Crippen molar-refractivity contribution in [2.24, 2.45) is 5.92 Å². The Morgan fingerprint density at radius 2 is 2.00 bits per heavy atom. The monoisotopic (exact) mass is 359 g/mol. The van der Waals surface area contributed by atoms with E-state index in [0.29, 0.717) is 18.5 Å². The highest BCUT2D eigenvalue weighted by molar-refractivity contribution is 5.82. The van der Waals surface area contributed by atoms with E-state index in [2.05, 4.69) is 52.0 Å². The summed E-state index contributed by atoms with van der Waals surface area (Å²) < 4.78 is 0. The highest BCUT2D eigenvalue weighted by Gasteiger charge is 2.29. The third kappa shape index (κ3) is 5.42. The van der Waals surface area contributed by atoms with Crippen molar-refractivity contribution in [3.8, 4) is 0 Å². The van der Waals surface area contributed by atoms with Crippen LogP contribution in [0.15, 0.2) is 18.3 Å². The number of hydrogen-bond donors (Lipinski definition) is 3. The second kappa shape index (κ2) is 9.33. The van der Waals surface area contributed by atoms with Crippen LogP contribution in [0.4, 0.5) is 5.82 Å². The van der Waals surface area contributed by atoms with Crippen molar-refractivity contribution in [1.29, 1.82) is 0 Å². The molecule has 1 aromatic rings. The number of amides is 1. The average molecular weight is 360 g/mol. The summed E-state index contributed by atoms with van der Waals surface area (Å²) in [7, 11) is 0. The van der Waals surface area contributed by atoms with Crippen LogP contribution in [0, 0.1) is 5.92 Å². The van der Waals surface area contributed by atoms with Gasteiger partial charge in [-0.05, 0) is 43.2 Å². The first-order valence-electron chi connectivity index (χ1n) is 10.1. The lowest BCUT2D eigenvalue weighted by Crippen LogP contribution is -2.43. The third-order valence-corrected chi connectivity index (χ3v) is 5.26. The quantitative estimate of drug-likeness (QED) is 0.727. The van der Waals surface area contributed by atoms with E-state index in [1.165, 1.54) is 25.7 Å². The van der Waals surface area contributed by atoms with E-state index in [-0.39, 0.29) is 11.9 Å². The first-order valence-corrected chi connectivity index (χ1v) is 10.1. The minimum atomic E-state index is -0.150. The van der Waals surface area contributed by atoms with E-state index >= 15 is 0 Å². The van der Waals surface area contributed by atoms with Gasteiger partial charge in [0.2, 0.25) is 5.91 Å². The molecule has 144 valence electrons. The number of carbonyl (C=O) groups is 1. The molecule has 26 heavy (non-hydrogen) atoms. The van der Waals surface area contributed by atoms with E-state index in [9.17, 15) is 4.79 Å². The van der Waals surface area contributed by atoms with Crippen molar-refractivity contribution in [2.75, 3.05) is 18.0 Å². The highest BCUT2D eigenvalue weighted by Crippen LogP contribution is 2.18. The van der Waals surface area contributed by atoms with Gasteiger partial charge in [0.05, 0.1) is 0 Å². The number of pyridine rings is 1. The summed E-state index contributed by atoms with van der Waals surface area (Å²) in [6, 6.07) is 4.39. The number of nitrogens with zero attached hydrogens (tertiary/aromatic N) is 2. The maximum Gasteiger partial charge on any atom is 0.238 e. The summed E-state index contributed by atoms with van der Waals surface area (Å²) in [5, 5.41) is 3.03. The van der Waals surface area contributed by atoms with Gasteiger partial charge in [-0.1, -0.05) is 32.8 Å². The lowest BCUT2D eigenvalue weighted by Gasteiger charge is -2.21. The molecule has 3 rings (SSSR count). The van der Waals surface area contributed by atoms with Crippen molar-refractivity contribution >= 4 is 11.7 Å². The van der Waals surface area contributed by atoms with Crippen molar-refractivity contribution < 1.29 is 4.79 Å². The van der Waals surface area contributed by atoms with Crippen molar-refractivity contribution in [1.82, 2.24) is 21.2 Å². The van der Waals surface area contributed by atoms with Crippen LogP contribution in [0.3, 0.4) is 0 Å². The molecule has 2 atom stereocenters. The number of hydrogen-bond acceptors (Lipinski definition) is 5. The number of carbonyl (C=O) groups excluding carboxylic acids is 1. The van der Waals surface area contributed by atoms with Crippen LogP contribution < -0.4 is 21.1 Å². The number of anilines is 1. The molecule has 0 radical (unpaired) electrons. The Morgan fingerprint density at radius 1 is 1.23 bits per heavy atom. The molecule has 2 aliphatic rings. The van der Waals surface area contributed by atoms with Crippen LogP contribution in [0.1, 0.15) is 57.9 Å². The fourth-order valence-corrected chi connectivity index (χ4v) is 3.84. The molecule has 6 nitrogen and oxygen atoms in total. The second-order valence-electron chi connectivity index (χ2n) is 8.05. The van der Waals surface area contributed by atoms with Gasteiger partial charge < -0.3 is 10.2 Å². The van der Waals surface area contributed by atoms with Crippen LogP contribution in [-0.4, -0.2) is 36.1 Å². The van der Waals surface area contributed by atoms with Crippen LogP contribution in [0.25, 0.3) is 0 Å². The first-order chi connectivity index (χ1) is 12.6. The number of nitrogens with one attached hydrogen (secondary N) is 3. The zero-order valence-corrected chi connectivity index (χ0v) is 16.1. The third-order valence-electron chi connectivity index (χ3n) is 5.26. The van der Waals surface area contributed by atoms with Gasteiger partial charge in [0.1, 0.15) is 11.9 Å². The molecular weight excluding hydrogens is 326 g/mol. The molecule has 2 aliphatic heterocycles. The zero-order chi connectivity index (χ0) is 18.4. The van der Waals surface area contributed by atoms with Crippen molar-refractivity contribution in [2.45, 2.75) is 71.0 Å². The summed E-state index contributed by atoms with van der Waals surface area (Å²) in [6.07, 6.45) is 8.96. The number of aromatic nitrogens is 1. The minimum Gasteiger partial charge on any atom is -0.357 e. The predicted molar refractivity (Wildman–Crippen MR) is 105 cm³/mol. The van der Waals surface area contributed by atoms with E-state index in [0.717, 1.165) is 37.3 Å². The summed E-state index contributed by atoms with van der Waals surface area (Å²) in [5.41, 5.74) is 7.40. The topological polar surface area (TPSA) is 69.3 Å². The molecule has 0 bridgehead atoms. The van der Waals surface area contributed by atoms with E-state index < -0.39 is 0 Å². The Balaban J connectivity index is 1.45. The molecule has 1 amide bonds. The Labute approximate surface area is 157 Å². The Kier molecular flexibility index (Phi) is 6.86. The van der Waals surface area contributed by atoms with Gasteiger partial charge in [-0.2, -0.15) is 0 Å². The predicted octanol–water partition coefficient (Wildman–Crippen LogP) is 2.36. The van der Waals surface area contributed by atoms with Gasteiger partial charge >= 0.3 is 0 Å². The van der Waals surface area contributed by atoms with Crippen molar-refractivity contribution in [3.63, 3.8) is 0 Å². The van der Waals surface area contributed by atoms with Gasteiger partial charge in [0.15, 0.2) is 0 Å². The summed E-state index contributed by atoms with van der Waals surface area (Å²) in [4.78, 5) is 19.3. The molecule has 3 heterocycles. The van der Waals surface area contributed by atoms with Gasteiger partial charge in [0.25, 0.3) is 0 Å². The molecule has 3 N–H and O–H groups in total. The van der Waals surface area contributed by atoms with Gasteiger partial charge in [-0.25, -0.2) is 10.4 Å². The highest BCUT2D eigenvalue weighted by atomic mass is 16.2. The lowest BCUT2D eigenvalue weighted by atomic mass is 10.00. The van der Waals surface area contributed by atoms with Gasteiger partial charge in [-0.15, -0.1) is 0 Å². The van der Waals surface area contributed by atoms with Gasteiger partial charge in [0, 0.05) is 31.9 Å². The summed E-state index contributed by atoms with van der Waals surface area (Å²) in [5.74, 6) is 1.74. The fourth-order valence-electron chi connectivity index (χ4n) is 3.84. The summed E-state index contributed by atoms with van der Waals surface area (Å²) >= 11 is 0. The Morgan fingerprint density at radius 3 is 2.65 bits per heavy atom. The maximum absolute atomic E-state index is 12.4. The fraction of sp³-hybridized carbons (Fsp3) is 0.700. The molecule has 2 saturated heterocycles. The number of hydrazine groups is 1. The Hall–Kier alpha value is -1.66. The molecular formula is C20H33N5O. The normalized spacial score (nSPS) is 23.9. The molecule has 2 unspecified atom stereocenters. The van der Waals surface area contributed by atoms with E-state index in [1.54, 1.807) is 0 Å². The lowest BCUT2D eigenvalue weighted by molar-refractivity contribution is -0.123. The molecule has 2 fully saturated rings. The molecule has 6 heteroatoms. The Bertz CT molecular complexity index is 566. The van der Waals surface area contributed by atoms with Crippen LogP contribution >= 0.6 is 0 Å². The maximum atomic E-state index is 12.4. The molecule has 0 saturated carbocycles. The first kappa shape index (κ1) is 19.1. The van der Waals surface area contributed by atoms with E-state index in [1.807, 2.05) is 6.20 Å². The number of rotatable bonds is 6. The van der Waals surface area contributed by atoms with E-state index in [4.69, 9.17) is 0 Å². The smallest absolute Gasteiger partial charge is 0.238 e. The second-order valence-corrected chi connectivity index (χ2v) is 8.05. The summed E-state index contributed by atoms with van der Waals surface area (Å²) in [6.45, 7) is 7.13. The molecule has 0 aliphatic carbocycles. The minimum absolute atomic E-state index is 0.0559. The molecule has 1 aromatic heterocycles.